The van der Waals surface area contributed by atoms with Crippen LogP contribution in [-0.4, -0.2) is 14.8 Å². The van der Waals surface area contributed by atoms with E-state index in [0.29, 0.717) is 6.04 Å². The highest BCUT2D eigenvalue weighted by molar-refractivity contribution is 5.24. The summed E-state index contributed by atoms with van der Waals surface area (Å²) in [5, 5.41) is 8.33. The maximum Gasteiger partial charge on any atom is 0.154 e. The van der Waals surface area contributed by atoms with E-state index in [2.05, 4.69) is 14.8 Å². The van der Waals surface area contributed by atoms with Crippen molar-refractivity contribution in [3.05, 3.63) is 48.0 Å². The summed E-state index contributed by atoms with van der Waals surface area (Å²) in [5.74, 6) is 0.887. The van der Waals surface area contributed by atoms with Crippen molar-refractivity contribution < 1.29 is 0 Å². The minimum absolute atomic E-state index is 0.189. The van der Waals surface area contributed by atoms with Crippen LogP contribution >= 0.6 is 0 Å². The molecule has 0 spiro atoms. The van der Waals surface area contributed by atoms with Gasteiger partial charge in [-0.2, -0.15) is 0 Å². The molecule has 1 atom stereocenters. The molecule has 0 radical (unpaired) electrons. The fraction of sp³-hybridized carbons (Fsp3) is 0.467. The number of hydrogen-bond donors (Lipinski definition) is 1. The van der Waals surface area contributed by atoms with E-state index in [-0.39, 0.29) is 6.04 Å². The molecule has 1 fully saturated rings. The van der Waals surface area contributed by atoms with E-state index in [1.54, 1.807) is 0 Å². The molecular formula is C15H20N4. The van der Waals surface area contributed by atoms with E-state index in [9.17, 15) is 0 Å². The summed E-state index contributed by atoms with van der Waals surface area (Å²) in [7, 11) is 0. The lowest BCUT2D eigenvalue weighted by molar-refractivity contribution is 0.343. The molecule has 4 heteroatoms. The monoisotopic (exact) mass is 256 g/mol. The Bertz CT molecular complexity index is 514. The lowest BCUT2D eigenvalue weighted by Gasteiger charge is -2.25. The largest absolute Gasteiger partial charge is 0.318 e. The van der Waals surface area contributed by atoms with E-state index >= 15 is 0 Å². The fourth-order valence-corrected chi connectivity index (χ4v) is 2.92. The van der Waals surface area contributed by atoms with Crippen LogP contribution in [0.15, 0.2) is 36.7 Å². The average Bonchev–Trinajstić information content (AvgIpc) is 2.98. The third kappa shape index (κ3) is 2.54. The van der Waals surface area contributed by atoms with Gasteiger partial charge in [0.2, 0.25) is 0 Å². The van der Waals surface area contributed by atoms with Crippen LogP contribution in [0.25, 0.3) is 0 Å². The molecule has 0 amide bonds. The summed E-state index contributed by atoms with van der Waals surface area (Å²) >= 11 is 0. The molecule has 2 aromatic rings. The van der Waals surface area contributed by atoms with Gasteiger partial charge >= 0.3 is 0 Å². The van der Waals surface area contributed by atoms with Gasteiger partial charge in [0.25, 0.3) is 0 Å². The minimum Gasteiger partial charge on any atom is -0.318 e. The van der Waals surface area contributed by atoms with Gasteiger partial charge in [0, 0.05) is 6.04 Å². The normalized spacial score (nSPS) is 18.4. The summed E-state index contributed by atoms with van der Waals surface area (Å²) < 4.78 is 2.19. The van der Waals surface area contributed by atoms with Gasteiger partial charge in [-0.3, -0.25) is 0 Å². The maximum atomic E-state index is 6.34. The molecule has 0 unspecified atom stereocenters. The number of hydrogen-bond acceptors (Lipinski definition) is 3. The first-order valence-corrected chi connectivity index (χ1v) is 7.06. The Balaban J connectivity index is 1.87. The quantitative estimate of drug-likeness (QED) is 0.918. The zero-order valence-electron chi connectivity index (χ0n) is 11.1. The van der Waals surface area contributed by atoms with Crippen LogP contribution in [0.5, 0.6) is 0 Å². The Kier molecular flexibility index (Phi) is 3.60. The van der Waals surface area contributed by atoms with Crippen molar-refractivity contribution in [3.63, 3.8) is 0 Å². The fourth-order valence-electron chi connectivity index (χ4n) is 2.92. The molecule has 1 aliphatic carbocycles. The maximum absolute atomic E-state index is 6.34. The van der Waals surface area contributed by atoms with Gasteiger partial charge in [-0.05, 0) is 18.4 Å². The SMILES string of the molecule is N[C@@H](c1ccccc1)c1nncn1C1CCCCC1. The van der Waals surface area contributed by atoms with Gasteiger partial charge in [-0.1, -0.05) is 49.6 Å². The first-order valence-electron chi connectivity index (χ1n) is 7.06. The topological polar surface area (TPSA) is 56.7 Å². The summed E-state index contributed by atoms with van der Waals surface area (Å²) in [4.78, 5) is 0. The Morgan fingerprint density at radius 2 is 1.84 bits per heavy atom. The highest BCUT2D eigenvalue weighted by Crippen LogP contribution is 2.30. The number of nitrogens with zero attached hydrogens (tertiary/aromatic N) is 3. The van der Waals surface area contributed by atoms with Crippen LogP contribution in [0.3, 0.4) is 0 Å². The summed E-state index contributed by atoms with van der Waals surface area (Å²) in [6.45, 7) is 0. The molecule has 4 nitrogen and oxygen atoms in total. The number of nitrogens with two attached hydrogens (primary N) is 1. The van der Waals surface area contributed by atoms with E-state index in [1.165, 1.54) is 32.1 Å². The van der Waals surface area contributed by atoms with Gasteiger partial charge in [-0.15, -0.1) is 10.2 Å². The zero-order valence-corrected chi connectivity index (χ0v) is 11.1. The van der Waals surface area contributed by atoms with Crippen molar-refractivity contribution >= 4 is 0 Å². The zero-order chi connectivity index (χ0) is 13.1. The van der Waals surface area contributed by atoms with E-state index < -0.39 is 0 Å². The second kappa shape index (κ2) is 5.53. The van der Waals surface area contributed by atoms with Crippen molar-refractivity contribution in [3.8, 4) is 0 Å². The van der Waals surface area contributed by atoms with Crippen LogP contribution < -0.4 is 5.73 Å². The molecule has 0 bridgehead atoms. The molecule has 3 rings (SSSR count). The summed E-state index contributed by atoms with van der Waals surface area (Å²) in [5.41, 5.74) is 7.44. The molecule has 1 aliphatic rings. The number of aromatic nitrogens is 3. The molecule has 0 aliphatic heterocycles. The first kappa shape index (κ1) is 12.4. The Hall–Kier alpha value is -1.68. The highest BCUT2D eigenvalue weighted by Gasteiger charge is 2.22. The van der Waals surface area contributed by atoms with Crippen molar-refractivity contribution in [2.75, 3.05) is 0 Å². The van der Waals surface area contributed by atoms with E-state index in [0.717, 1.165) is 11.4 Å². The molecule has 2 N–H and O–H groups in total. The van der Waals surface area contributed by atoms with E-state index in [1.807, 2.05) is 36.7 Å². The molecular weight excluding hydrogens is 236 g/mol. The van der Waals surface area contributed by atoms with Gasteiger partial charge in [0.15, 0.2) is 5.82 Å². The lowest BCUT2D eigenvalue weighted by atomic mass is 9.95. The van der Waals surface area contributed by atoms with Crippen LogP contribution in [0.1, 0.15) is 55.6 Å². The molecule has 1 aromatic heterocycles. The van der Waals surface area contributed by atoms with Gasteiger partial charge in [-0.25, -0.2) is 0 Å². The standard InChI is InChI=1S/C15H20N4/c16-14(12-7-3-1-4-8-12)15-18-17-11-19(15)13-9-5-2-6-10-13/h1,3-4,7-8,11,13-14H,2,5-6,9-10,16H2/t14-/m0/s1. The Morgan fingerprint density at radius 3 is 2.58 bits per heavy atom. The number of rotatable bonds is 3. The minimum atomic E-state index is -0.189. The van der Waals surface area contributed by atoms with Crippen LogP contribution in [-0.2, 0) is 0 Å². The second-order valence-corrected chi connectivity index (χ2v) is 5.28. The van der Waals surface area contributed by atoms with Gasteiger partial charge in [0.1, 0.15) is 6.33 Å². The highest BCUT2D eigenvalue weighted by atomic mass is 15.3. The van der Waals surface area contributed by atoms with Crippen LogP contribution in [0.2, 0.25) is 0 Å². The predicted octanol–water partition coefficient (Wildman–Crippen LogP) is 2.83. The molecule has 1 saturated carbocycles. The summed E-state index contributed by atoms with van der Waals surface area (Å²) in [6, 6.07) is 10.4. The third-order valence-electron chi connectivity index (χ3n) is 4.01. The van der Waals surface area contributed by atoms with Crippen LogP contribution in [0.4, 0.5) is 0 Å². The van der Waals surface area contributed by atoms with Crippen molar-refractivity contribution in [1.82, 2.24) is 14.8 Å². The van der Waals surface area contributed by atoms with Crippen LogP contribution in [0, 0.1) is 0 Å². The molecule has 100 valence electrons. The number of benzene rings is 1. The molecule has 1 aromatic carbocycles. The molecule has 1 heterocycles. The molecule has 0 saturated heterocycles. The van der Waals surface area contributed by atoms with E-state index in [4.69, 9.17) is 5.73 Å². The molecule has 19 heavy (non-hydrogen) atoms. The van der Waals surface area contributed by atoms with Crippen molar-refractivity contribution in [1.29, 1.82) is 0 Å². The average molecular weight is 256 g/mol. The first-order chi connectivity index (χ1) is 9.36. The summed E-state index contributed by atoms with van der Waals surface area (Å²) in [6.07, 6.45) is 8.21. The van der Waals surface area contributed by atoms with Gasteiger partial charge in [0.05, 0.1) is 6.04 Å². The smallest absolute Gasteiger partial charge is 0.154 e. The predicted molar refractivity (Wildman–Crippen MR) is 74.6 cm³/mol. The Labute approximate surface area is 113 Å². The van der Waals surface area contributed by atoms with Gasteiger partial charge < -0.3 is 10.3 Å². The lowest BCUT2D eigenvalue weighted by Crippen LogP contribution is -2.21. The second-order valence-electron chi connectivity index (χ2n) is 5.28. The Morgan fingerprint density at radius 1 is 1.11 bits per heavy atom. The van der Waals surface area contributed by atoms with Crippen molar-refractivity contribution in [2.24, 2.45) is 5.73 Å². The van der Waals surface area contributed by atoms with Crippen molar-refractivity contribution in [2.45, 2.75) is 44.2 Å². The third-order valence-corrected chi connectivity index (χ3v) is 4.01.